The maximum atomic E-state index is 12.0. The van der Waals surface area contributed by atoms with Crippen LogP contribution in [0.1, 0.15) is 50.0 Å². The molecule has 1 amide bonds. The first kappa shape index (κ1) is 15.5. The number of rotatable bonds is 6. The van der Waals surface area contributed by atoms with Crippen molar-refractivity contribution >= 4 is 11.9 Å². The number of carboxylic acid groups (broad SMARTS) is 1. The Hall–Kier alpha value is -1.84. The second kappa shape index (κ2) is 7.81. The molecule has 2 rings (SSSR count). The Morgan fingerprint density at radius 2 is 1.76 bits per heavy atom. The molecule has 0 unspecified atom stereocenters. The highest BCUT2D eigenvalue weighted by atomic mass is 16.4. The molecule has 0 spiro atoms. The van der Waals surface area contributed by atoms with Gasteiger partial charge in [0.25, 0.3) is 0 Å². The minimum atomic E-state index is -0.812. The molecule has 1 fully saturated rings. The van der Waals surface area contributed by atoms with Crippen LogP contribution in [0.4, 0.5) is 0 Å². The molecule has 1 aliphatic carbocycles. The molecule has 114 valence electrons. The predicted octanol–water partition coefficient (Wildman–Crippen LogP) is 2.94. The zero-order chi connectivity index (χ0) is 15.1. The van der Waals surface area contributed by atoms with Gasteiger partial charge < -0.3 is 10.4 Å². The first-order chi connectivity index (χ1) is 10.2. The molecule has 0 aliphatic heterocycles. The Bertz CT molecular complexity index is 464. The van der Waals surface area contributed by atoms with Gasteiger partial charge in [-0.15, -0.1) is 0 Å². The van der Waals surface area contributed by atoms with Crippen molar-refractivity contribution in [1.29, 1.82) is 0 Å². The minimum Gasteiger partial charge on any atom is -0.481 e. The fraction of sp³-hybridized carbons (Fsp3) is 0.529. The Labute approximate surface area is 125 Å². The van der Waals surface area contributed by atoms with E-state index in [4.69, 9.17) is 5.11 Å². The van der Waals surface area contributed by atoms with Gasteiger partial charge in [0.1, 0.15) is 0 Å². The molecule has 1 aliphatic rings. The highest BCUT2D eigenvalue weighted by molar-refractivity contribution is 5.78. The second-order valence-corrected chi connectivity index (χ2v) is 5.75. The van der Waals surface area contributed by atoms with Gasteiger partial charge in [0, 0.05) is 18.9 Å². The first-order valence-corrected chi connectivity index (χ1v) is 7.71. The maximum absolute atomic E-state index is 12.0. The van der Waals surface area contributed by atoms with E-state index in [2.05, 4.69) is 29.6 Å². The monoisotopic (exact) mass is 289 g/mol. The third-order valence-electron chi connectivity index (χ3n) is 4.24. The van der Waals surface area contributed by atoms with Crippen LogP contribution in [0.2, 0.25) is 0 Å². The zero-order valence-electron chi connectivity index (χ0n) is 12.3. The molecule has 1 aromatic rings. The number of hydrogen-bond acceptors (Lipinski definition) is 2. The molecule has 0 bridgehead atoms. The zero-order valence-corrected chi connectivity index (χ0v) is 12.3. The lowest BCUT2D eigenvalue weighted by molar-refractivity contribution is -0.137. The van der Waals surface area contributed by atoms with Crippen LogP contribution in [0.3, 0.4) is 0 Å². The summed E-state index contributed by atoms with van der Waals surface area (Å²) in [6.45, 7) is 0.462. The van der Waals surface area contributed by atoms with Crippen molar-refractivity contribution in [1.82, 2.24) is 5.32 Å². The molecule has 0 radical (unpaired) electrons. The molecule has 2 N–H and O–H groups in total. The lowest BCUT2D eigenvalue weighted by Gasteiger charge is -2.28. The molecule has 21 heavy (non-hydrogen) atoms. The van der Waals surface area contributed by atoms with Crippen LogP contribution in [-0.4, -0.2) is 23.5 Å². The number of aliphatic carboxylic acids is 1. The Morgan fingerprint density at radius 3 is 2.38 bits per heavy atom. The molecule has 0 saturated heterocycles. The highest BCUT2D eigenvalue weighted by Crippen LogP contribution is 2.35. The number of carboxylic acids is 1. The van der Waals surface area contributed by atoms with Crippen molar-refractivity contribution in [2.45, 2.75) is 44.4 Å². The lowest BCUT2D eigenvalue weighted by atomic mass is 9.78. The summed E-state index contributed by atoms with van der Waals surface area (Å²) in [5, 5.41) is 11.4. The van der Waals surface area contributed by atoms with E-state index in [-0.39, 0.29) is 18.2 Å². The summed E-state index contributed by atoms with van der Waals surface area (Å²) in [5.74, 6) is -0.0587. The molecule has 4 heteroatoms. The van der Waals surface area contributed by atoms with E-state index in [9.17, 15) is 9.59 Å². The molecule has 0 aromatic heterocycles. The lowest BCUT2D eigenvalue weighted by Crippen LogP contribution is -2.33. The van der Waals surface area contributed by atoms with Gasteiger partial charge in [0.15, 0.2) is 0 Å². The topological polar surface area (TPSA) is 66.4 Å². The molecular formula is C17H23NO3. The average Bonchev–Trinajstić information content (AvgIpc) is 2.52. The van der Waals surface area contributed by atoms with E-state index in [1.807, 2.05) is 6.07 Å². The Morgan fingerprint density at radius 1 is 1.10 bits per heavy atom. The predicted molar refractivity (Wildman–Crippen MR) is 81.0 cm³/mol. The summed E-state index contributed by atoms with van der Waals surface area (Å²) in [5.41, 5.74) is 1.37. The van der Waals surface area contributed by atoms with Crippen molar-refractivity contribution < 1.29 is 14.7 Å². The van der Waals surface area contributed by atoms with Crippen molar-refractivity contribution in [3.8, 4) is 0 Å². The van der Waals surface area contributed by atoms with Crippen molar-refractivity contribution in [3.63, 3.8) is 0 Å². The summed E-state index contributed by atoms with van der Waals surface area (Å²) >= 11 is 0. The SMILES string of the molecule is O=C(O)CCCNC(=O)C1CCC(c2ccccc2)CC1. The van der Waals surface area contributed by atoms with Crippen molar-refractivity contribution in [2.75, 3.05) is 6.54 Å². The third-order valence-corrected chi connectivity index (χ3v) is 4.24. The smallest absolute Gasteiger partial charge is 0.303 e. The Balaban J connectivity index is 1.71. The third kappa shape index (κ3) is 4.88. The summed E-state index contributed by atoms with van der Waals surface area (Å²) in [6.07, 6.45) is 4.56. The molecule has 1 saturated carbocycles. The molecule has 0 heterocycles. The van der Waals surface area contributed by atoms with Gasteiger partial charge in [0.2, 0.25) is 5.91 Å². The Kier molecular flexibility index (Phi) is 5.78. The van der Waals surface area contributed by atoms with Gasteiger partial charge >= 0.3 is 5.97 Å². The van der Waals surface area contributed by atoms with Crippen molar-refractivity contribution in [3.05, 3.63) is 35.9 Å². The fourth-order valence-corrected chi connectivity index (χ4v) is 3.01. The van der Waals surface area contributed by atoms with Crippen LogP contribution in [0.25, 0.3) is 0 Å². The number of amides is 1. The van der Waals surface area contributed by atoms with Gasteiger partial charge in [-0.25, -0.2) is 0 Å². The standard InChI is InChI=1S/C17H23NO3/c19-16(20)7-4-12-18-17(21)15-10-8-14(9-11-15)13-5-2-1-3-6-13/h1-3,5-6,14-15H,4,7-12H2,(H,18,21)(H,19,20). The number of carbonyl (C=O) groups excluding carboxylic acids is 1. The molecule has 1 aromatic carbocycles. The van der Waals surface area contributed by atoms with Crippen molar-refractivity contribution in [2.24, 2.45) is 5.92 Å². The molecule has 0 atom stereocenters. The summed E-state index contributed by atoms with van der Waals surface area (Å²) < 4.78 is 0. The fourth-order valence-electron chi connectivity index (χ4n) is 3.01. The number of nitrogens with one attached hydrogen (secondary N) is 1. The van der Waals surface area contributed by atoms with E-state index < -0.39 is 5.97 Å². The largest absolute Gasteiger partial charge is 0.481 e. The number of carbonyl (C=O) groups is 2. The van der Waals surface area contributed by atoms with Crippen LogP contribution in [0.15, 0.2) is 30.3 Å². The minimum absolute atomic E-state index is 0.0897. The van der Waals surface area contributed by atoms with Crippen LogP contribution in [0.5, 0.6) is 0 Å². The van der Waals surface area contributed by atoms with E-state index >= 15 is 0 Å². The van der Waals surface area contributed by atoms with Gasteiger partial charge in [0.05, 0.1) is 0 Å². The van der Waals surface area contributed by atoms with E-state index in [1.165, 1.54) is 5.56 Å². The second-order valence-electron chi connectivity index (χ2n) is 5.75. The summed E-state index contributed by atoms with van der Waals surface area (Å²) in [7, 11) is 0. The highest BCUT2D eigenvalue weighted by Gasteiger charge is 2.26. The molecular weight excluding hydrogens is 266 g/mol. The van der Waals surface area contributed by atoms with Crippen LogP contribution in [0, 0.1) is 5.92 Å². The maximum Gasteiger partial charge on any atom is 0.303 e. The first-order valence-electron chi connectivity index (χ1n) is 7.71. The van der Waals surface area contributed by atoms with E-state index in [1.54, 1.807) is 0 Å². The molecule has 4 nitrogen and oxygen atoms in total. The van der Waals surface area contributed by atoms with Crippen LogP contribution in [-0.2, 0) is 9.59 Å². The van der Waals surface area contributed by atoms with Crippen LogP contribution >= 0.6 is 0 Å². The van der Waals surface area contributed by atoms with Crippen LogP contribution < -0.4 is 5.32 Å². The van der Waals surface area contributed by atoms with Gasteiger partial charge in [-0.05, 0) is 43.6 Å². The van der Waals surface area contributed by atoms with E-state index in [0.717, 1.165) is 25.7 Å². The summed E-state index contributed by atoms with van der Waals surface area (Å²) in [6, 6.07) is 10.5. The number of hydrogen-bond donors (Lipinski definition) is 2. The average molecular weight is 289 g/mol. The number of benzene rings is 1. The quantitative estimate of drug-likeness (QED) is 0.791. The van der Waals surface area contributed by atoms with Gasteiger partial charge in [-0.3, -0.25) is 9.59 Å². The normalized spacial score (nSPS) is 21.7. The van der Waals surface area contributed by atoms with Gasteiger partial charge in [-0.2, -0.15) is 0 Å². The van der Waals surface area contributed by atoms with E-state index in [0.29, 0.717) is 18.9 Å². The summed E-state index contributed by atoms with van der Waals surface area (Å²) in [4.78, 5) is 22.4. The van der Waals surface area contributed by atoms with Gasteiger partial charge in [-0.1, -0.05) is 30.3 Å².